The number of nitrogens with zero attached hydrogens (tertiary/aromatic N) is 3. The van der Waals surface area contributed by atoms with Crippen LogP contribution in [-0.2, 0) is 0 Å². The number of hydrogen-bond donors (Lipinski definition) is 1. The molecule has 0 aliphatic carbocycles. The summed E-state index contributed by atoms with van der Waals surface area (Å²) in [6.07, 6.45) is 5.42. The Morgan fingerprint density at radius 1 is 1.16 bits per heavy atom. The van der Waals surface area contributed by atoms with Crippen LogP contribution in [0.5, 0.6) is 0 Å². The Bertz CT molecular complexity index is 321. The highest BCUT2D eigenvalue weighted by Crippen LogP contribution is 2.39. The molecule has 0 saturated carbocycles. The van der Waals surface area contributed by atoms with Gasteiger partial charge in [-0.25, -0.2) is 0 Å². The second-order valence-electron chi connectivity index (χ2n) is 6.88. The molecular formula is C15H30N4. The lowest BCUT2D eigenvalue weighted by molar-refractivity contribution is -0.0101. The van der Waals surface area contributed by atoms with Crippen LogP contribution in [0.3, 0.4) is 0 Å². The first-order chi connectivity index (χ1) is 9.17. The molecule has 0 aromatic carbocycles. The van der Waals surface area contributed by atoms with Gasteiger partial charge in [-0.1, -0.05) is 6.42 Å². The van der Waals surface area contributed by atoms with Gasteiger partial charge in [0.15, 0.2) is 0 Å². The van der Waals surface area contributed by atoms with Crippen molar-refractivity contribution in [1.82, 2.24) is 14.7 Å². The van der Waals surface area contributed by atoms with Gasteiger partial charge in [-0.15, -0.1) is 0 Å². The van der Waals surface area contributed by atoms with E-state index in [2.05, 4.69) is 28.7 Å². The van der Waals surface area contributed by atoms with E-state index in [4.69, 9.17) is 5.73 Å². The van der Waals surface area contributed by atoms with Crippen LogP contribution in [0.15, 0.2) is 0 Å². The van der Waals surface area contributed by atoms with Gasteiger partial charge in [0.05, 0.1) is 0 Å². The lowest BCUT2D eigenvalue weighted by Crippen LogP contribution is -2.66. The Kier molecular flexibility index (Phi) is 3.87. The van der Waals surface area contributed by atoms with E-state index in [-0.39, 0.29) is 5.54 Å². The molecule has 3 fully saturated rings. The van der Waals surface area contributed by atoms with Gasteiger partial charge >= 0.3 is 0 Å². The Labute approximate surface area is 117 Å². The topological polar surface area (TPSA) is 35.7 Å². The molecular weight excluding hydrogens is 236 g/mol. The smallest absolute Gasteiger partial charge is 0.0499 e. The standard InChI is InChI=1S/C15H30N4/c1-13-11-19(10-9-17(13)2)15(12-16)6-8-18-7-4-3-5-14(15)18/h13-14H,3-12,16H2,1-2H3. The van der Waals surface area contributed by atoms with Gasteiger partial charge in [-0.3, -0.25) is 9.80 Å². The van der Waals surface area contributed by atoms with Crippen LogP contribution in [0.1, 0.15) is 32.6 Å². The monoisotopic (exact) mass is 266 g/mol. The first-order valence-electron chi connectivity index (χ1n) is 8.07. The van der Waals surface area contributed by atoms with Crippen molar-refractivity contribution in [1.29, 1.82) is 0 Å². The first kappa shape index (κ1) is 13.8. The summed E-state index contributed by atoms with van der Waals surface area (Å²) in [5.74, 6) is 0. The maximum Gasteiger partial charge on any atom is 0.0499 e. The summed E-state index contributed by atoms with van der Waals surface area (Å²) < 4.78 is 0. The van der Waals surface area contributed by atoms with Gasteiger partial charge in [-0.2, -0.15) is 0 Å². The maximum atomic E-state index is 6.30. The highest BCUT2D eigenvalue weighted by molar-refractivity contribution is 5.09. The molecule has 4 nitrogen and oxygen atoms in total. The van der Waals surface area contributed by atoms with Crippen molar-refractivity contribution in [3.05, 3.63) is 0 Å². The van der Waals surface area contributed by atoms with E-state index in [1.165, 1.54) is 58.4 Å². The largest absolute Gasteiger partial charge is 0.329 e. The fourth-order valence-corrected chi connectivity index (χ4v) is 4.56. The number of piperidine rings is 1. The summed E-state index contributed by atoms with van der Waals surface area (Å²) in [7, 11) is 2.25. The van der Waals surface area contributed by atoms with Crippen molar-refractivity contribution < 1.29 is 0 Å². The Morgan fingerprint density at radius 2 is 2.00 bits per heavy atom. The van der Waals surface area contributed by atoms with Crippen LogP contribution in [-0.4, -0.2) is 78.6 Å². The second kappa shape index (κ2) is 5.32. The number of rotatable bonds is 2. The van der Waals surface area contributed by atoms with Crippen LogP contribution in [0.25, 0.3) is 0 Å². The summed E-state index contributed by atoms with van der Waals surface area (Å²) in [6.45, 7) is 9.34. The molecule has 3 saturated heterocycles. The summed E-state index contributed by atoms with van der Waals surface area (Å²) in [5.41, 5.74) is 6.58. The molecule has 19 heavy (non-hydrogen) atoms. The molecule has 0 bridgehead atoms. The summed E-state index contributed by atoms with van der Waals surface area (Å²) in [6, 6.07) is 1.39. The van der Waals surface area contributed by atoms with E-state index in [1.807, 2.05) is 0 Å². The molecule has 3 aliphatic rings. The summed E-state index contributed by atoms with van der Waals surface area (Å²) in [4.78, 5) is 7.95. The number of nitrogens with two attached hydrogens (primary N) is 1. The molecule has 110 valence electrons. The highest BCUT2D eigenvalue weighted by Gasteiger charge is 2.51. The lowest BCUT2D eigenvalue weighted by atomic mass is 9.83. The number of likely N-dealkylation sites (N-methyl/N-ethyl adjacent to an activating group) is 1. The minimum Gasteiger partial charge on any atom is -0.329 e. The normalized spacial score (nSPS) is 42.5. The second-order valence-corrected chi connectivity index (χ2v) is 6.88. The van der Waals surface area contributed by atoms with Crippen molar-refractivity contribution in [2.45, 2.75) is 50.2 Å². The third-order valence-corrected chi connectivity index (χ3v) is 6.01. The molecule has 0 spiro atoms. The predicted octanol–water partition coefficient (Wildman–Crippen LogP) is 0.578. The Hall–Kier alpha value is -0.160. The van der Waals surface area contributed by atoms with Crippen LogP contribution in [0.2, 0.25) is 0 Å². The van der Waals surface area contributed by atoms with E-state index in [1.54, 1.807) is 0 Å². The predicted molar refractivity (Wildman–Crippen MR) is 79.3 cm³/mol. The van der Waals surface area contributed by atoms with E-state index >= 15 is 0 Å². The van der Waals surface area contributed by atoms with Gasteiger partial charge in [-0.05, 0) is 39.8 Å². The molecule has 0 radical (unpaired) electrons. The molecule has 3 rings (SSSR count). The van der Waals surface area contributed by atoms with Crippen molar-refractivity contribution in [3.63, 3.8) is 0 Å². The van der Waals surface area contributed by atoms with E-state index in [9.17, 15) is 0 Å². The molecule has 2 N–H and O–H groups in total. The van der Waals surface area contributed by atoms with Crippen molar-refractivity contribution >= 4 is 0 Å². The third-order valence-electron chi connectivity index (χ3n) is 6.01. The van der Waals surface area contributed by atoms with Crippen LogP contribution < -0.4 is 5.73 Å². The lowest BCUT2D eigenvalue weighted by Gasteiger charge is -2.51. The summed E-state index contributed by atoms with van der Waals surface area (Å²) >= 11 is 0. The van der Waals surface area contributed by atoms with E-state index in [0.29, 0.717) is 6.04 Å². The minimum atomic E-state index is 0.274. The first-order valence-corrected chi connectivity index (χ1v) is 8.07. The fraction of sp³-hybridized carbons (Fsp3) is 1.00. The molecule has 0 amide bonds. The van der Waals surface area contributed by atoms with Crippen LogP contribution >= 0.6 is 0 Å². The van der Waals surface area contributed by atoms with E-state index < -0.39 is 0 Å². The zero-order valence-electron chi connectivity index (χ0n) is 12.6. The molecule has 3 unspecified atom stereocenters. The van der Waals surface area contributed by atoms with Gasteiger partial charge in [0, 0.05) is 50.3 Å². The molecule has 3 heterocycles. The number of piperazine rings is 1. The zero-order valence-corrected chi connectivity index (χ0v) is 12.6. The van der Waals surface area contributed by atoms with Crippen molar-refractivity contribution in [3.8, 4) is 0 Å². The third kappa shape index (κ3) is 2.23. The minimum absolute atomic E-state index is 0.274. The molecule has 0 aromatic rings. The highest BCUT2D eigenvalue weighted by atomic mass is 15.4. The average Bonchev–Trinajstić information content (AvgIpc) is 2.82. The van der Waals surface area contributed by atoms with Gasteiger partial charge in [0.25, 0.3) is 0 Å². The summed E-state index contributed by atoms with van der Waals surface area (Å²) in [5, 5.41) is 0. The zero-order chi connectivity index (χ0) is 13.5. The SMILES string of the molecule is CC1CN(C2(CN)CCN3CCCCC32)CCN1C. The Morgan fingerprint density at radius 3 is 2.74 bits per heavy atom. The van der Waals surface area contributed by atoms with Crippen molar-refractivity contribution in [2.75, 3.05) is 46.3 Å². The fourth-order valence-electron chi connectivity index (χ4n) is 4.56. The molecule has 3 aliphatic heterocycles. The molecule has 3 atom stereocenters. The van der Waals surface area contributed by atoms with Gasteiger partial charge < -0.3 is 10.6 Å². The Balaban J connectivity index is 1.79. The molecule has 4 heteroatoms. The number of hydrogen-bond acceptors (Lipinski definition) is 4. The van der Waals surface area contributed by atoms with Crippen LogP contribution in [0.4, 0.5) is 0 Å². The van der Waals surface area contributed by atoms with Crippen molar-refractivity contribution in [2.24, 2.45) is 5.73 Å². The molecule has 0 aromatic heterocycles. The number of fused-ring (bicyclic) bond motifs is 1. The maximum absolute atomic E-state index is 6.30. The quantitative estimate of drug-likeness (QED) is 0.793. The average molecular weight is 266 g/mol. The van der Waals surface area contributed by atoms with Gasteiger partial charge in [0.2, 0.25) is 0 Å². The van der Waals surface area contributed by atoms with E-state index in [0.717, 1.165) is 12.6 Å². The van der Waals surface area contributed by atoms with Crippen LogP contribution in [0, 0.1) is 0 Å². The van der Waals surface area contributed by atoms with Gasteiger partial charge in [0.1, 0.15) is 0 Å².